The van der Waals surface area contributed by atoms with Crippen LogP contribution in [0.15, 0.2) is 72.6 Å². The Labute approximate surface area is 184 Å². The van der Waals surface area contributed by atoms with E-state index in [0.29, 0.717) is 22.6 Å². The van der Waals surface area contributed by atoms with Crippen LogP contribution in [-0.2, 0) is 16.1 Å². The number of carbonyl (C=O) groups excluding carboxylic acids is 2. The standard InChI is InChI=1S/C25H20N2O5/c1-15-4-6-17(7-5-15)23(28)21-22(18-8-9-19-20(11-18)32-14-31-19)27(25(30)24(21)29)13-16-3-2-10-26-12-16/h2-12,22,28H,13-14H2,1H3. The smallest absolute Gasteiger partial charge is 0.295 e. The van der Waals surface area contributed by atoms with Crippen LogP contribution in [0.25, 0.3) is 5.76 Å². The van der Waals surface area contributed by atoms with Gasteiger partial charge in [-0.2, -0.15) is 0 Å². The van der Waals surface area contributed by atoms with E-state index >= 15 is 0 Å². The molecule has 1 N–H and O–H groups in total. The Morgan fingerprint density at radius 2 is 1.88 bits per heavy atom. The SMILES string of the molecule is Cc1ccc(C(O)=C2C(=O)C(=O)N(Cc3cccnc3)C2c2ccc3c(c2)OCO3)cc1. The van der Waals surface area contributed by atoms with Crippen LogP contribution in [0.1, 0.15) is 28.3 Å². The molecular weight excluding hydrogens is 408 g/mol. The Morgan fingerprint density at radius 3 is 2.62 bits per heavy atom. The molecular formula is C25H20N2O5. The third kappa shape index (κ3) is 3.37. The van der Waals surface area contributed by atoms with Gasteiger partial charge in [0.15, 0.2) is 11.5 Å². The van der Waals surface area contributed by atoms with E-state index in [1.165, 1.54) is 4.90 Å². The highest BCUT2D eigenvalue weighted by Gasteiger charge is 2.46. The van der Waals surface area contributed by atoms with Gasteiger partial charge in [-0.1, -0.05) is 42.0 Å². The molecule has 3 aromatic rings. The molecule has 2 aliphatic rings. The van der Waals surface area contributed by atoms with E-state index < -0.39 is 17.7 Å². The van der Waals surface area contributed by atoms with Gasteiger partial charge in [0.2, 0.25) is 6.79 Å². The van der Waals surface area contributed by atoms with Crippen molar-refractivity contribution in [2.24, 2.45) is 0 Å². The minimum absolute atomic E-state index is 0.0432. The predicted molar refractivity (Wildman–Crippen MR) is 116 cm³/mol. The summed E-state index contributed by atoms with van der Waals surface area (Å²) >= 11 is 0. The Morgan fingerprint density at radius 1 is 1.09 bits per heavy atom. The fourth-order valence-corrected chi connectivity index (χ4v) is 4.03. The third-order valence-corrected chi connectivity index (χ3v) is 5.65. The molecule has 3 heterocycles. The van der Waals surface area contributed by atoms with Gasteiger partial charge in [0.1, 0.15) is 5.76 Å². The molecule has 1 atom stereocenters. The molecule has 7 nitrogen and oxygen atoms in total. The van der Waals surface area contributed by atoms with Crippen LogP contribution in [0.2, 0.25) is 0 Å². The van der Waals surface area contributed by atoms with Crippen molar-refractivity contribution < 1.29 is 24.2 Å². The number of Topliss-reactive ketones (excluding diaryl/α,β-unsaturated/α-hetero) is 1. The number of hydrogen-bond acceptors (Lipinski definition) is 6. The van der Waals surface area contributed by atoms with Gasteiger partial charge in [0, 0.05) is 24.5 Å². The van der Waals surface area contributed by atoms with Crippen molar-refractivity contribution in [1.82, 2.24) is 9.88 Å². The molecule has 0 bridgehead atoms. The molecule has 7 heteroatoms. The molecule has 2 aliphatic heterocycles. The van der Waals surface area contributed by atoms with E-state index in [4.69, 9.17) is 9.47 Å². The van der Waals surface area contributed by atoms with Crippen molar-refractivity contribution in [3.63, 3.8) is 0 Å². The quantitative estimate of drug-likeness (QED) is 0.387. The average molecular weight is 428 g/mol. The minimum Gasteiger partial charge on any atom is -0.507 e. The number of aliphatic hydroxyl groups is 1. The van der Waals surface area contributed by atoms with Crippen LogP contribution in [0.4, 0.5) is 0 Å². The molecule has 1 aromatic heterocycles. The Bertz CT molecular complexity index is 1230. The van der Waals surface area contributed by atoms with E-state index in [-0.39, 0.29) is 24.7 Å². The van der Waals surface area contributed by atoms with Gasteiger partial charge in [0.25, 0.3) is 11.7 Å². The highest BCUT2D eigenvalue weighted by molar-refractivity contribution is 6.46. The first-order valence-corrected chi connectivity index (χ1v) is 10.2. The number of benzene rings is 2. The number of aromatic nitrogens is 1. The maximum atomic E-state index is 13.1. The van der Waals surface area contributed by atoms with Gasteiger partial charge in [-0.3, -0.25) is 14.6 Å². The lowest BCUT2D eigenvalue weighted by Crippen LogP contribution is -2.29. The van der Waals surface area contributed by atoms with E-state index in [1.807, 2.05) is 25.1 Å². The first-order chi connectivity index (χ1) is 15.5. The molecule has 32 heavy (non-hydrogen) atoms. The van der Waals surface area contributed by atoms with Crippen molar-refractivity contribution in [3.8, 4) is 11.5 Å². The van der Waals surface area contributed by atoms with E-state index in [9.17, 15) is 14.7 Å². The fraction of sp³-hybridized carbons (Fsp3) is 0.160. The third-order valence-electron chi connectivity index (χ3n) is 5.65. The van der Waals surface area contributed by atoms with Crippen LogP contribution in [-0.4, -0.2) is 33.5 Å². The van der Waals surface area contributed by atoms with Gasteiger partial charge in [-0.15, -0.1) is 0 Å². The molecule has 0 radical (unpaired) electrons. The van der Waals surface area contributed by atoms with E-state index in [1.54, 1.807) is 48.8 Å². The lowest BCUT2D eigenvalue weighted by molar-refractivity contribution is -0.140. The molecule has 0 spiro atoms. The zero-order valence-corrected chi connectivity index (χ0v) is 17.3. The second-order valence-corrected chi connectivity index (χ2v) is 7.77. The number of carbonyl (C=O) groups is 2. The highest BCUT2D eigenvalue weighted by Crippen LogP contribution is 2.43. The molecule has 0 aliphatic carbocycles. The van der Waals surface area contributed by atoms with Crippen molar-refractivity contribution >= 4 is 17.4 Å². The van der Waals surface area contributed by atoms with Gasteiger partial charge in [-0.05, 0) is 36.2 Å². The number of nitrogens with zero attached hydrogens (tertiary/aromatic N) is 2. The summed E-state index contributed by atoms with van der Waals surface area (Å²) in [6.45, 7) is 2.21. The summed E-state index contributed by atoms with van der Waals surface area (Å²) in [6.07, 6.45) is 3.29. The van der Waals surface area contributed by atoms with Crippen LogP contribution >= 0.6 is 0 Å². The van der Waals surface area contributed by atoms with Gasteiger partial charge in [0.05, 0.1) is 11.6 Å². The zero-order chi connectivity index (χ0) is 22.2. The lowest BCUT2D eigenvalue weighted by Gasteiger charge is -2.25. The Balaban J connectivity index is 1.65. The molecule has 1 fully saturated rings. The summed E-state index contributed by atoms with van der Waals surface area (Å²) < 4.78 is 10.9. The monoisotopic (exact) mass is 428 g/mol. The summed E-state index contributed by atoms with van der Waals surface area (Å²) in [5.41, 5.74) is 2.95. The molecule has 1 unspecified atom stereocenters. The fourth-order valence-electron chi connectivity index (χ4n) is 4.03. The summed E-state index contributed by atoms with van der Waals surface area (Å²) in [6, 6.07) is 15.2. The molecule has 2 aromatic carbocycles. The summed E-state index contributed by atoms with van der Waals surface area (Å²) in [5.74, 6) is -0.485. The number of pyridine rings is 1. The van der Waals surface area contributed by atoms with Gasteiger partial charge < -0.3 is 19.5 Å². The maximum absolute atomic E-state index is 13.1. The number of ketones is 1. The number of likely N-dealkylation sites (tertiary alicyclic amines) is 1. The van der Waals surface area contributed by atoms with E-state index in [0.717, 1.165) is 11.1 Å². The lowest BCUT2D eigenvalue weighted by atomic mass is 9.94. The van der Waals surface area contributed by atoms with Crippen molar-refractivity contribution in [3.05, 3.63) is 94.8 Å². The van der Waals surface area contributed by atoms with Gasteiger partial charge in [-0.25, -0.2) is 0 Å². The largest absolute Gasteiger partial charge is 0.507 e. The molecule has 5 rings (SSSR count). The van der Waals surface area contributed by atoms with E-state index in [2.05, 4.69) is 4.98 Å². The first-order valence-electron chi connectivity index (χ1n) is 10.2. The number of hydrogen-bond donors (Lipinski definition) is 1. The highest BCUT2D eigenvalue weighted by atomic mass is 16.7. The average Bonchev–Trinajstić information content (AvgIpc) is 3.37. The van der Waals surface area contributed by atoms with Crippen LogP contribution in [0.3, 0.4) is 0 Å². The van der Waals surface area contributed by atoms with Crippen molar-refractivity contribution in [2.45, 2.75) is 19.5 Å². The maximum Gasteiger partial charge on any atom is 0.295 e. The number of fused-ring (bicyclic) bond motifs is 1. The molecule has 0 saturated carbocycles. The Hall–Kier alpha value is -4.13. The topological polar surface area (TPSA) is 89.0 Å². The minimum atomic E-state index is -0.786. The molecule has 1 saturated heterocycles. The van der Waals surface area contributed by atoms with Crippen LogP contribution in [0, 0.1) is 6.92 Å². The molecule has 160 valence electrons. The molecule has 1 amide bonds. The predicted octanol–water partition coefficient (Wildman–Crippen LogP) is 3.74. The van der Waals surface area contributed by atoms with Crippen molar-refractivity contribution in [2.75, 3.05) is 6.79 Å². The normalized spacial score (nSPS) is 18.9. The number of aryl methyl sites for hydroxylation is 1. The van der Waals surface area contributed by atoms with Crippen LogP contribution < -0.4 is 9.47 Å². The number of ether oxygens (including phenoxy) is 2. The number of rotatable bonds is 4. The Kier molecular flexibility index (Phi) is 4.86. The number of aliphatic hydroxyl groups excluding tert-OH is 1. The van der Waals surface area contributed by atoms with Gasteiger partial charge >= 0.3 is 0 Å². The zero-order valence-electron chi connectivity index (χ0n) is 17.3. The van der Waals surface area contributed by atoms with Crippen molar-refractivity contribution in [1.29, 1.82) is 0 Å². The first kappa shape index (κ1) is 19.8. The summed E-state index contributed by atoms with van der Waals surface area (Å²) in [5, 5.41) is 11.1. The summed E-state index contributed by atoms with van der Waals surface area (Å²) in [7, 11) is 0. The number of amides is 1. The second-order valence-electron chi connectivity index (χ2n) is 7.77. The second kappa shape index (κ2) is 7.85. The van der Waals surface area contributed by atoms with Crippen LogP contribution in [0.5, 0.6) is 11.5 Å². The summed E-state index contributed by atoms with van der Waals surface area (Å²) in [4.78, 5) is 31.8.